The highest BCUT2D eigenvalue weighted by molar-refractivity contribution is 6.29. The van der Waals surface area contributed by atoms with E-state index in [4.69, 9.17) is 16.3 Å². The van der Waals surface area contributed by atoms with Crippen LogP contribution >= 0.6 is 11.6 Å². The zero-order valence-corrected chi connectivity index (χ0v) is 9.68. The zero-order chi connectivity index (χ0) is 11.1. The van der Waals surface area contributed by atoms with Crippen LogP contribution in [0, 0.1) is 0 Å². The lowest BCUT2D eigenvalue weighted by atomic mass is 10.1. The number of rotatable bonds is 6. The second kappa shape index (κ2) is 6.62. The van der Waals surface area contributed by atoms with Crippen molar-refractivity contribution in [1.82, 2.24) is 5.32 Å². The maximum absolute atomic E-state index is 5.64. The molecule has 2 nitrogen and oxygen atoms in total. The van der Waals surface area contributed by atoms with Gasteiger partial charge in [0.05, 0.1) is 6.61 Å². The molecule has 0 aliphatic carbocycles. The Kier molecular flexibility index (Phi) is 5.40. The molecule has 0 fully saturated rings. The molecule has 0 aliphatic rings. The van der Waals surface area contributed by atoms with Crippen LogP contribution in [0.15, 0.2) is 35.9 Å². The lowest BCUT2D eigenvalue weighted by Crippen LogP contribution is -2.14. The van der Waals surface area contributed by atoms with Crippen molar-refractivity contribution in [3.63, 3.8) is 0 Å². The van der Waals surface area contributed by atoms with Gasteiger partial charge in [-0.2, -0.15) is 0 Å². The summed E-state index contributed by atoms with van der Waals surface area (Å²) in [6, 6.07) is 8.29. The highest BCUT2D eigenvalue weighted by Crippen LogP contribution is 2.05. The summed E-state index contributed by atoms with van der Waals surface area (Å²) >= 11 is 5.64. The van der Waals surface area contributed by atoms with Crippen molar-refractivity contribution < 1.29 is 4.74 Å². The number of methoxy groups -OCH3 is 1. The van der Waals surface area contributed by atoms with Crippen molar-refractivity contribution in [2.45, 2.75) is 13.2 Å². The van der Waals surface area contributed by atoms with Gasteiger partial charge in [-0.05, 0) is 11.1 Å². The Morgan fingerprint density at radius 1 is 1.33 bits per heavy atom. The molecule has 0 unspecified atom stereocenters. The van der Waals surface area contributed by atoms with Crippen LogP contribution in [0.2, 0.25) is 0 Å². The second-order valence-electron chi connectivity index (χ2n) is 3.37. The normalized spacial score (nSPS) is 10.3. The van der Waals surface area contributed by atoms with Crippen LogP contribution in [0.4, 0.5) is 0 Å². The third kappa shape index (κ3) is 4.98. The predicted octanol–water partition coefficient (Wildman–Crippen LogP) is 2.68. The Morgan fingerprint density at radius 2 is 1.93 bits per heavy atom. The summed E-state index contributed by atoms with van der Waals surface area (Å²) in [5.74, 6) is 0. The first-order valence-corrected chi connectivity index (χ1v) is 5.21. The molecule has 0 saturated carbocycles. The average Bonchev–Trinajstić information content (AvgIpc) is 2.20. The van der Waals surface area contributed by atoms with E-state index in [1.54, 1.807) is 7.11 Å². The van der Waals surface area contributed by atoms with E-state index >= 15 is 0 Å². The summed E-state index contributed by atoms with van der Waals surface area (Å²) in [7, 11) is 1.70. The van der Waals surface area contributed by atoms with Crippen molar-refractivity contribution >= 4 is 11.6 Å². The van der Waals surface area contributed by atoms with Crippen LogP contribution in [0.1, 0.15) is 11.1 Å². The molecule has 0 atom stereocenters. The van der Waals surface area contributed by atoms with Gasteiger partial charge in [0, 0.05) is 25.2 Å². The molecule has 0 aliphatic heterocycles. The largest absolute Gasteiger partial charge is 0.380 e. The maximum atomic E-state index is 5.64. The highest BCUT2D eigenvalue weighted by Gasteiger charge is 1.94. The molecule has 15 heavy (non-hydrogen) atoms. The molecule has 0 amide bonds. The monoisotopic (exact) mass is 225 g/mol. The quantitative estimate of drug-likeness (QED) is 0.804. The van der Waals surface area contributed by atoms with Crippen LogP contribution in [-0.2, 0) is 17.9 Å². The first-order valence-electron chi connectivity index (χ1n) is 4.83. The Morgan fingerprint density at radius 3 is 2.47 bits per heavy atom. The zero-order valence-electron chi connectivity index (χ0n) is 8.92. The van der Waals surface area contributed by atoms with Crippen LogP contribution in [-0.4, -0.2) is 13.7 Å². The molecule has 0 saturated heterocycles. The number of nitrogens with one attached hydrogen (secondary N) is 1. The summed E-state index contributed by atoms with van der Waals surface area (Å²) in [6.45, 7) is 5.71. The average molecular weight is 226 g/mol. The molecule has 0 bridgehead atoms. The minimum atomic E-state index is 0.631. The van der Waals surface area contributed by atoms with Crippen molar-refractivity contribution in [2.24, 2.45) is 0 Å². The molecule has 1 aromatic carbocycles. The number of halogens is 1. The fraction of sp³-hybridized carbons (Fsp3) is 0.333. The van der Waals surface area contributed by atoms with E-state index in [-0.39, 0.29) is 0 Å². The van der Waals surface area contributed by atoms with Gasteiger partial charge >= 0.3 is 0 Å². The topological polar surface area (TPSA) is 21.3 Å². The van der Waals surface area contributed by atoms with Gasteiger partial charge in [-0.25, -0.2) is 0 Å². The fourth-order valence-electron chi connectivity index (χ4n) is 1.26. The van der Waals surface area contributed by atoms with E-state index < -0.39 is 0 Å². The van der Waals surface area contributed by atoms with Crippen molar-refractivity contribution in [1.29, 1.82) is 0 Å². The fourth-order valence-corrected chi connectivity index (χ4v) is 1.36. The smallest absolute Gasteiger partial charge is 0.0713 e. The van der Waals surface area contributed by atoms with Crippen molar-refractivity contribution in [3.8, 4) is 0 Å². The van der Waals surface area contributed by atoms with Crippen LogP contribution in [0.25, 0.3) is 0 Å². The lowest BCUT2D eigenvalue weighted by Gasteiger charge is -2.05. The van der Waals surface area contributed by atoms with Gasteiger partial charge in [0.15, 0.2) is 0 Å². The third-order valence-electron chi connectivity index (χ3n) is 1.98. The Labute approximate surface area is 95.9 Å². The van der Waals surface area contributed by atoms with E-state index in [0.29, 0.717) is 18.2 Å². The maximum Gasteiger partial charge on any atom is 0.0713 e. The van der Waals surface area contributed by atoms with Gasteiger partial charge in [-0.1, -0.05) is 42.4 Å². The van der Waals surface area contributed by atoms with E-state index in [0.717, 1.165) is 6.54 Å². The summed E-state index contributed by atoms with van der Waals surface area (Å²) in [5, 5.41) is 3.82. The molecule has 1 N–H and O–H groups in total. The molecule has 82 valence electrons. The molecular formula is C12H16ClNO. The van der Waals surface area contributed by atoms with Gasteiger partial charge in [0.1, 0.15) is 0 Å². The van der Waals surface area contributed by atoms with Gasteiger partial charge in [0.25, 0.3) is 0 Å². The summed E-state index contributed by atoms with van der Waals surface area (Å²) in [6.07, 6.45) is 0. The highest BCUT2D eigenvalue weighted by atomic mass is 35.5. The third-order valence-corrected chi connectivity index (χ3v) is 2.11. The van der Waals surface area contributed by atoms with Gasteiger partial charge in [0.2, 0.25) is 0 Å². The Hall–Kier alpha value is -0.830. The summed E-state index contributed by atoms with van der Waals surface area (Å²) in [5.41, 5.74) is 2.41. The molecule has 0 heterocycles. The van der Waals surface area contributed by atoms with E-state index in [1.165, 1.54) is 11.1 Å². The Balaban J connectivity index is 2.39. The number of hydrogen-bond acceptors (Lipinski definition) is 2. The minimum Gasteiger partial charge on any atom is -0.380 e. The minimum absolute atomic E-state index is 0.631. The van der Waals surface area contributed by atoms with Crippen molar-refractivity contribution in [2.75, 3.05) is 13.7 Å². The molecule has 0 aromatic heterocycles. The summed E-state index contributed by atoms with van der Waals surface area (Å²) in [4.78, 5) is 0. The van der Waals surface area contributed by atoms with Crippen LogP contribution in [0.3, 0.4) is 0 Å². The van der Waals surface area contributed by atoms with Crippen LogP contribution < -0.4 is 5.32 Å². The molecule has 0 radical (unpaired) electrons. The molecular weight excluding hydrogens is 210 g/mol. The molecule has 1 aromatic rings. The molecule has 3 heteroatoms. The van der Waals surface area contributed by atoms with E-state index in [1.807, 2.05) is 0 Å². The second-order valence-corrected chi connectivity index (χ2v) is 3.90. The van der Waals surface area contributed by atoms with E-state index in [2.05, 4.69) is 36.2 Å². The summed E-state index contributed by atoms with van der Waals surface area (Å²) < 4.78 is 5.04. The number of ether oxygens (including phenoxy) is 1. The number of hydrogen-bond donors (Lipinski definition) is 1. The first kappa shape index (κ1) is 12.2. The van der Waals surface area contributed by atoms with Crippen molar-refractivity contribution in [3.05, 3.63) is 47.0 Å². The molecule has 0 spiro atoms. The van der Waals surface area contributed by atoms with Gasteiger partial charge in [-0.15, -0.1) is 0 Å². The predicted molar refractivity (Wildman–Crippen MR) is 63.9 cm³/mol. The van der Waals surface area contributed by atoms with E-state index in [9.17, 15) is 0 Å². The number of benzene rings is 1. The standard InChI is InChI=1S/C12H16ClNO/c1-10(13)7-14-8-11-3-5-12(6-4-11)9-15-2/h3-6,14H,1,7-9H2,2H3. The molecule has 1 rings (SSSR count). The first-order chi connectivity index (χ1) is 7.22. The lowest BCUT2D eigenvalue weighted by molar-refractivity contribution is 0.185. The van der Waals surface area contributed by atoms with Gasteiger partial charge < -0.3 is 10.1 Å². The Bertz CT molecular complexity index is 308. The van der Waals surface area contributed by atoms with Gasteiger partial charge in [-0.3, -0.25) is 0 Å². The SMILES string of the molecule is C=C(Cl)CNCc1ccc(COC)cc1. The van der Waals surface area contributed by atoms with Crippen LogP contribution in [0.5, 0.6) is 0 Å².